The van der Waals surface area contributed by atoms with E-state index in [1.165, 1.54) is 19.1 Å². The van der Waals surface area contributed by atoms with Crippen molar-refractivity contribution in [3.63, 3.8) is 0 Å². The van der Waals surface area contributed by atoms with Crippen LogP contribution in [-0.4, -0.2) is 16.9 Å². The van der Waals surface area contributed by atoms with E-state index in [1.807, 2.05) is 0 Å². The topological polar surface area (TPSA) is 35.0 Å². The van der Waals surface area contributed by atoms with Crippen molar-refractivity contribution in [2.45, 2.75) is 13.5 Å². The number of ether oxygens (including phenoxy) is 1. The number of halogens is 3. The third-order valence-corrected chi connectivity index (χ3v) is 2.58. The molecule has 2 rings (SSSR count). The summed E-state index contributed by atoms with van der Waals surface area (Å²) in [5, 5.41) is 0. The number of aromatic nitrogens is 2. The van der Waals surface area contributed by atoms with E-state index in [2.05, 4.69) is 9.97 Å². The Morgan fingerprint density at radius 2 is 1.84 bits per heavy atom. The van der Waals surface area contributed by atoms with E-state index < -0.39 is 12.4 Å². The molecule has 0 N–H and O–H groups in total. The van der Waals surface area contributed by atoms with Crippen LogP contribution in [0.25, 0.3) is 0 Å². The summed E-state index contributed by atoms with van der Waals surface area (Å²) in [5.74, 6) is 0.845. The zero-order chi connectivity index (χ0) is 13.9. The van der Waals surface area contributed by atoms with Gasteiger partial charge in [0.25, 0.3) is 0 Å². The SMILES string of the molecule is Cc1cc(OCc2ncccn2)ccc1[B-](F)(F)F. The molecular formula is C12H11BF3N2O-. The van der Waals surface area contributed by atoms with Crippen LogP contribution < -0.4 is 10.2 Å². The van der Waals surface area contributed by atoms with E-state index in [0.29, 0.717) is 11.6 Å². The standard InChI is InChI=1S/C12H11BF3N2O/c1-9-7-10(3-4-11(9)13(14,15)16)19-8-12-17-5-2-6-18-12/h2-7H,8H2,1H3/q-1. The van der Waals surface area contributed by atoms with Crippen LogP contribution in [0.5, 0.6) is 5.75 Å². The highest BCUT2D eigenvalue weighted by Gasteiger charge is 2.27. The van der Waals surface area contributed by atoms with Gasteiger partial charge in [0.2, 0.25) is 0 Å². The number of rotatable bonds is 4. The third-order valence-electron chi connectivity index (χ3n) is 2.58. The first-order valence-electron chi connectivity index (χ1n) is 5.66. The van der Waals surface area contributed by atoms with Crippen molar-refractivity contribution < 1.29 is 17.7 Å². The highest BCUT2D eigenvalue weighted by atomic mass is 19.4. The molecular weight excluding hydrogens is 256 g/mol. The van der Waals surface area contributed by atoms with Gasteiger partial charge in [0.05, 0.1) is 0 Å². The van der Waals surface area contributed by atoms with Gasteiger partial charge >= 0.3 is 6.98 Å². The van der Waals surface area contributed by atoms with Gasteiger partial charge in [-0.1, -0.05) is 11.6 Å². The normalized spacial score (nSPS) is 11.4. The molecule has 0 atom stereocenters. The maximum absolute atomic E-state index is 12.6. The van der Waals surface area contributed by atoms with E-state index in [1.54, 1.807) is 18.5 Å². The Balaban J connectivity index is 2.09. The highest BCUT2D eigenvalue weighted by molar-refractivity contribution is 6.74. The van der Waals surface area contributed by atoms with Gasteiger partial charge in [0.1, 0.15) is 12.4 Å². The molecule has 0 amide bonds. The van der Waals surface area contributed by atoms with E-state index in [9.17, 15) is 12.9 Å². The van der Waals surface area contributed by atoms with Crippen molar-refractivity contribution in [2.75, 3.05) is 0 Å². The number of hydrogen-bond donors (Lipinski definition) is 0. The summed E-state index contributed by atoms with van der Waals surface area (Å²) in [5.41, 5.74) is -0.442. The number of hydrogen-bond acceptors (Lipinski definition) is 3. The minimum atomic E-state index is -4.98. The Morgan fingerprint density at radius 1 is 1.16 bits per heavy atom. The van der Waals surface area contributed by atoms with Gasteiger partial charge in [0, 0.05) is 12.4 Å². The van der Waals surface area contributed by atoms with Crippen LogP contribution >= 0.6 is 0 Å². The predicted octanol–water partition coefficient (Wildman–Crippen LogP) is 2.42. The Morgan fingerprint density at radius 3 is 2.42 bits per heavy atom. The molecule has 1 aromatic carbocycles. The van der Waals surface area contributed by atoms with Gasteiger partial charge in [-0.25, -0.2) is 9.97 Å². The molecule has 7 heteroatoms. The summed E-state index contributed by atoms with van der Waals surface area (Å²) in [6.45, 7) is -3.45. The largest absolute Gasteiger partial charge is 0.509 e. The molecule has 1 heterocycles. The Kier molecular flexibility index (Phi) is 3.73. The second kappa shape index (κ2) is 5.30. The van der Waals surface area contributed by atoms with Crippen LogP contribution in [0.15, 0.2) is 36.7 Å². The van der Waals surface area contributed by atoms with Gasteiger partial charge < -0.3 is 17.7 Å². The Labute approximate surface area is 108 Å². The van der Waals surface area contributed by atoms with Crippen LogP contribution in [0.4, 0.5) is 12.9 Å². The van der Waals surface area contributed by atoms with Crippen LogP contribution in [0.3, 0.4) is 0 Å². The van der Waals surface area contributed by atoms with E-state index in [0.717, 1.165) is 6.07 Å². The predicted molar refractivity (Wildman–Crippen MR) is 66.3 cm³/mol. The van der Waals surface area contributed by atoms with E-state index in [-0.39, 0.29) is 12.2 Å². The van der Waals surface area contributed by atoms with Crippen LogP contribution in [0.1, 0.15) is 11.4 Å². The first-order valence-corrected chi connectivity index (χ1v) is 5.66. The van der Waals surface area contributed by atoms with Crippen LogP contribution in [0, 0.1) is 6.92 Å². The average molecular weight is 267 g/mol. The lowest BCUT2D eigenvalue weighted by molar-refractivity contribution is 0.295. The zero-order valence-electron chi connectivity index (χ0n) is 10.2. The zero-order valence-corrected chi connectivity index (χ0v) is 10.2. The second-order valence-corrected chi connectivity index (χ2v) is 4.05. The molecule has 100 valence electrons. The Bertz CT molecular complexity index is 561. The molecule has 0 spiro atoms. The van der Waals surface area contributed by atoms with Crippen molar-refractivity contribution >= 4 is 12.4 Å². The van der Waals surface area contributed by atoms with E-state index >= 15 is 0 Å². The lowest BCUT2D eigenvalue weighted by Crippen LogP contribution is -2.35. The van der Waals surface area contributed by atoms with Crippen molar-refractivity contribution in [2.24, 2.45) is 0 Å². The molecule has 0 bridgehead atoms. The third kappa shape index (κ3) is 3.46. The molecule has 0 unspecified atom stereocenters. The first kappa shape index (κ1) is 13.4. The average Bonchev–Trinajstić information content (AvgIpc) is 2.36. The monoisotopic (exact) mass is 267 g/mol. The van der Waals surface area contributed by atoms with Gasteiger partial charge in [-0.3, -0.25) is 0 Å². The van der Waals surface area contributed by atoms with Crippen molar-refractivity contribution in [1.29, 1.82) is 0 Å². The number of nitrogens with zero attached hydrogens (tertiary/aromatic N) is 2. The number of aryl methyl sites for hydroxylation is 1. The molecule has 2 aromatic rings. The molecule has 1 aromatic heterocycles. The Hall–Kier alpha value is -2.05. The summed E-state index contributed by atoms with van der Waals surface area (Å²) >= 11 is 0. The summed E-state index contributed by atoms with van der Waals surface area (Å²) < 4.78 is 43.3. The molecule has 3 nitrogen and oxygen atoms in total. The molecule has 0 saturated heterocycles. The fourth-order valence-corrected chi connectivity index (χ4v) is 1.66. The van der Waals surface area contributed by atoms with Gasteiger partial charge in [0.15, 0.2) is 5.82 Å². The highest BCUT2D eigenvalue weighted by Crippen LogP contribution is 2.17. The molecule has 0 fully saturated rings. The second-order valence-electron chi connectivity index (χ2n) is 4.05. The minimum absolute atomic E-state index is 0.122. The number of benzene rings is 1. The summed E-state index contributed by atoms with van der Waals surface area (Å²) in [7, 11) is 0. The maximum atomic E-state index is 12.6. The molecule has 0 aliphatic heterocycles. The summed E-state index contributed by atoms with van der Waals surface area (Å²) in [6, 6.07) is 5.39. The molecule has 0 saturated carbocycles. The van der Waals surface area contributed by atoms with Crippen molar-refractivity contribution in [3.8, 4) is 5.75 Å². The van der Waals surface area contributed by atoms with Gasteiger partial charge in [-0.05, 0) is 25.1 Å². The van der Waals surface area contributed by atoms with Crippen LogP contribution in [0.2, 0.25) is 0 Å². The van der Waals surface area contributed by atoms with E-state index in [4.69, 9.17) is 4.74 Å². The molecule has 0 aliphatic carbocycles. The summed E-state index contributed by atoms with van der Waals surface area (Å²) in [4.78, 5) is 7.92. The van der Waals surface area contributed by atoms with Crippen LogP contribution in [-0.2, 0) is 6.61 Å². The van der Waals surface area contributed by atoms with Gasteiger partial charge in [-0.15, -0.1) is 5.46 Å². The quantitative estimate of drug-likeness (QED) is 0.798. The maximum Gasteiger partial charge on any atom is 0.509 e. The van der Waals surface area contributed by atoms with Crippen molar-refractivity contribution in [3.05, 3.63) is 48.0 Å². The molecule has 0 aliphatic rings. The fraction of sp³-hybridized carbons (Fsp3) is 0.167. The van der Waals surface area contributed by atoms with Gasteiger partial charge in [-0.2, -0.15) is 0 Å². The minimum Gasteiger partial charge on any atom is -0.486 e. The summed E-state index contributed by atoms with van der Waals surface area (Å²) in [6.07, 6.45) is 3.15. The lowest BCUT2D eigenvalue weighted by atomic mass is 9.77. The smallest absolute Gasteiger partial charge is 0.486 e. The lowest BCUT2D eigenvalue weighted by Gasteiger charge is -2.18. The fourth-order valence-electron chi connectivity index (χ4n) is 1.66. The first-order chi connectivity index (χ1) is 8.97. The molecule has 19 heavy (non-hydrogen) atoms. The molecule has 0 radical (unpaired) electrons. The van der Waals surface area contributed by atoms with Crippen molar-refractivity contribution in [1.82, 2.24) is 9.97 Å².